The minimum atomic E-state index is -4.36. The van der Waals surface area contributed by atoms with Gasteiger partial charge < -0.3 is 19.8 Å². The number of carbonyl (C=O) groups is 1. The minimum Gasteiger partial charge on any atom is -0.387 e. The summed E-state index contributed by atoms with van der Waals surface area (Å²) >= 11 is 0. The summed E-state index contributed by atoms with van der Waals surface area (Å²) < 4.78 is 23.8. The summed E-state index contributed by atoms with van der Waals surface area (Å²) in [6.07, 6.45) is 81.2. The molecule has 0 aliphatic carbocycles. The highest BCUT2D eigenvalue weighted by Crippen LogP contribution is 2.43. The quantitative estimate of drug-likeness (QED) is 0.0243. The molecule has 0 aromatic rings. The summed E-state index contributed by atoms with van der Waals surface area (Å²) in [6, 6.07) is -0.871. The first kappa shape index (κ1) is 76.5. The molecule has 0 fully saturated rings. The van der Waals surface area contributed by atoms with E-state index in [9.17, 15) is 19.4 Å². The number of carbonyl (C=O) groups excluding carboxylic acids is 1. The van der Waals surface area contributed by atoms with Crippen molar-refractivity contribution in [3.05, 3.63) is 48.6 Å². The normalized spacial score (nSPS) is 14.0. The van der Waals surface area contributed by atoms with Gasteiger partial charge in [-0.2, -0.15) is 0 Å². The monoisotopic (exact) mass is 1120 g/mol. The van der Waals surface area contributed by atoms with E-state index >= 15 is 0 Å². The zero-order chi connectivity index (χ0) is 57.0. The molecule has 3 N–H and O–H groups in total. The Kier molecular flexibility index (Phi) is 58.9. The zero-order valence-corrected chi connectivity index (χ0v) is 53.6. The first-order chi connectivity index (χ1) is 38.0. The van der Waals surface area contributed by atoms with Gasteiger partial charge in [-0.3, -0.25) is 13.8 Å². The van der Waals surface area contributed by atoms with Crippen LogP contribution in [0.25, 0.3) is 0 Å². The van der Waals surface area contributed by atoms with Crippen LogP contribution in [0.3, 0.4) is 0 Å². The van der Waals surface area contributed by atoms with E-state index in [0.717, 1.165) is 44.9 Å². The molecule has 9 heteroatoms. The summed E-state index contributed by atoms with van der Waals surface area (Å²) in [7, 11) is 1.56. The van der Waals surface area contributed by atoms with Gasteiger partial charge in [0.1, 0.15) is 13.2 Å². The summed E-state index contributed by atoms with van der Waals surface area (Å²) in [4.78, 5) is 23.4. The number of hydrogen-bond donors (Lipinski definition) is 3. The third kappa shape index (κ3) is 62.1. The lowest BCUT2D eigenvalue weighted by molar-refractivity contribution is -0.870. The fourth-order valence-corrected chi connectivity index (χ4v) is 10.9. The maximum Gasteiger partial charge on any atom is 0.472 e. The van der Waals surface area contributed by atoms with E-state index in [0.29, 0.717) is 17.4 Å². The molecule has 8 nitrogen and oxygen atoms in total. The number of phosphoric ester groups is 1. The van der Waals surface area contributed by atoms with Gasteiger partial charge in [0.2, 0.25) is 5.91 Å². The Morgan fingerprint density at radius 2 is 0.705 bits per heavy atom. The van der Waals surface area contributed by atoms with Crippen molar-refractivity contribution >= 4 is 13.7 Å². The molecule has 0 rings (SSSR count). The number of aliphatic hydroxyl groups is 1. The smallest absolute Gasteiger partial charge is 0.387 e. The summed E-state index contributed by atoms with van der Waals surface area (Å²) in [5.74, 6) is -0.186. The lowest BCUT2D eigenvalue weighted by Crippen LogP contribution is -2.45. The molecule has 0 aromatic carbocycles. The van der Waals surface area contributed by atoms with E-state index in [4.69, 9.17) is 9.05 Å². The predicted molar refractivity (Wildman–Crippen MR) is 341 cm³/mol. The standard InChI is InChI=1S/C69H133N2O6P/c1-6-8-10-12-14-16-18-20-22-24-26-28-30-32-34-35-37-38-40-42-44-46-48-50-52-54-56-58-60-62-68(72)67(66-77-78(74,75)76-65-64-71(3,4)5)70-69(73)63-61-59-57-55-53-51-49-47-45-43-41-39-36-33-31-29-27-25-23-21-19-17-15-13-11-9-7-2/h25,27,44,46,52,54,60,62,67-68,72H,6-24,26,28-43,45,47-51,53,55-59,61,63-66H2,1-5H3,(H-,70,73,74,75)/p+1/b27-25-,46-44+,54-52+,62-60+. The molecule has 0 bridgehead atoms. The number of phosphoric acid groups is 1. The number of rotatable bonds is 63. The lowest BCUT2D eigenvalue weighted by Gasteiger charge is -2.25. The van der Waals surface area contributed by atoms with E-state index in [1.807, 2.05) is 27.2 Å². The third-order valence-corrected chi connectivity index (χ3v) is 16.5. The topological polar surface area (TPSA) is 105 Å². The number of nitrogens with zero attached hydrogens (tertiary/aromatic N) is 1. The van der Waals surface area contributed by atoms with Crippen molar-refractivity contribution in [3.63, 3.8) is 0 Å². The summed E-state index contributed by atoms with van der Waals surface area (Å²) in [5, 5.41) is 14.0. The molecule has 3 atom stereocenters. The van der Waals surface area contributed by atoms with Crippen molar-refractivity contribution in [2.75, 3.05) is 40.9 Å². The van der Waals surface area contributed by atoms with Gasteiger partial charge in [-0.05, 0) is 70.6 Å². The number of amides is 1. The molecular weight excluding hydrogens is 984 g/mol. The van der Waals surface area contributed by atoms with E-state index in [1.165, 1.54) is 270 Å². The van der Waals surface area contributed by atoms with Gasteiger partial charge in [-0.1, -0.05) is 306 Å². The Morgan fingerprint density at radius 3 is 1.03 bits per heavy atom. The Morgan fingerprint density at radius 1 is 0.423 bits per heavy atom. The van der Waals surface area contributed by atoms with Crippen LogP contribution in [0, 0.1) is 0 Å². The molecule has 0 spiro atoms. The van der Waals surface area contributed by atoms with E-state index < -0.39 is 20.0 Å². The second-order valence-corrected chi connectivity index (χ2v) is 26.0. The van der Waals surface area contributed by atoms with Crippen molar-refractivity contribution in [1.82, 2.24) is 5.32 Å². The van der Waals surface area contributed by atoms with Gasteiger partial charge in [0, 0.05) is 6.42 Å². The van der Waals surface area contributed by atoms with Crippen molar-refractivity contribution in [1.29, 1.82) is 0 Å². The Hall–Kier alpha value is -1.54. The van der Waals surface area contributed by atoms with Crippen LogP contribution in [0.2, 0.25) is 0 Å². The minimum absolute atomic E-state index is 0.0540. The van der Waals surface area contributed by atoms with Crippen LogP contribution in [-0.2, 0) is 18.4 Å². The van der Waals surface area contributed by atoms with Crippen molar-refractivity contribution < 1.29 is 32.9 Å². The number of allylic oxidation sites excluding steroid dienone is 7. The van der Waals surface area contributed by atoms with Crippen LogP contribution in [0.15, 0.2) is 48.6 Å². The molecule has 0 saturated heterocycles. The number of unbranched alkanes of at least 4 members (excludes halogenated alkanes) is 44. The first-order valence-electron chi connectivity index (χ1n) is 34.0. The van der Waals surface area contributed by atoms with Crippen LogP contribution < -0.4 is 5.32 Å². The van der Waals surface area contributed by atoms with Gasteiger partial charge in [0.05, 0.1) is 39.9 Å². The van der Waals surface area contributed by atoms with Crippen LogP contribution in [-0.4, -0.2) is 73.4 Å². The predicted octanol–water partition coefficient (Wildman–Crippen LogP) is 21.4. The number of aliphatic hydroxyl groups excluding tert-OH is 1. The Labute approximate surface area is 486 Å². The average molecular weight is 1120 g/mol. The average Bonchev–Trinajstić information content (AvgIpc) is 3.41. The highest BCUT2D eigenvalue weighted by Gasteiger charge is 2.28. The number of hydrogen-bond acceptors (Lipinski definition) is 5. The lowest BCUT2D eigenvalue weighted by atomic mass is 10.0. The first-order valence-corrected chi connectivity index (χ1v) is 35.5. The molecule has 1 amide bonds. The van der Waals surface area contributed by atoms with Gasteiger partial charge in [-0.15, -0.1) is 0 Å². The zero-order valence-electron chi connectivity index (χ0n) is 52.7. The molecule has 0 heterocycles. The molecule has 460 valence electrons. The summed E-state index contributed by atoms with van der Waals surface area (Å²) in [5.41, 5.74) is 0. The van der Waals surface area contributed by atoms with Crippen molar-refractivity contribution in [2.45, 2.75) is 347 Å². The molecule has 0 radical (unpaired) electrons. The maximum absolute atomic E-state index is 13.0. The Balaban J connectivity index is 4.15. The number of nitrogens with one attached hydrogen (secondary N) is 1. The maximum atomic E-state index is 13.0. The van der Waals surface area contributed by atoms with Gasteiger partial charge in [0.25, 0.3) is 0 Å². The van der Waals surface area contributed by atoms with Crippen molar-refractivity contribution in [3.8, 4) is 0 Å². The van der Waals surface area contributed by atoms with E-state index in [1.54, 1.807) is 6.08 Å². The van der Waals surface area contributed by atoms with Crippen molar-refractivity contribution in [2.24, 2.45) is 0 Å². The largest absolute Gasteiger partial charge is 0.472 e. The van der Waals surface area contributed by atoms with Gasteiger partial charge >= 0.3 is 7.82 Å². The van der Waals surface area contributed by atoms with Crippen LogP contribution >= 0.6 is 7.82 Å². The van der Waals surface area contributed by atoms with Gasteiger partial charge in [-0.25, -0.2) is 4.57 Å². The fraction of sp³-hybridized carbons (Fsp3) is 0.870. The summed E-state index contributed by atoms with van der Waals surface area (Å²) in [6.45, 7) is 4.83. The highest BCUT2D eigenvalue weighted by molar-refractivity contribution is 7.47. The molecule has 0 aliphatic rings. The molecule has 0 saturated carbocycles. The Bertz CT molecular complexity index is 1410. The molecular formula is C69H134N2O6P+. The molecule has 0 aliphatic heterocycles. The van der Waals surface area contributed by atoms with Crippen LogP contribution in [0.1, 0.15) is 335 Å². The van der Waals surface area contributed by atoms with E-state index in [-0.39, 0.29) is 19.1 Å². The second kappa shape index (κ2) is 60.1. The second-order valence-electron chi connectivity index (χ2n) is 24.5. The van der Waals surface area contributed by atoms with Gasteiger partial charge in [0.15, 0.2) is 0 Å². The van der Waals surface area contributed by atoms with E-state index in [2.05, 4.69) is 55.6 Å². The highest BCUT2D eigenvalue weighted by atomic mass is 31.2. The SMILES string of the molecule is CCCCCCCCCC/C=C\CCCCCCCCCCCCCCCCCC(=O)NC(COP(=O)(O)OCC[N+](C)(C)C)C(O)/C=C/CC/C=C/CC/C=C/CCCCCCCCCCCCCCCCCCCCC. The molecule has 3 unspecified atom stereocenters. The number of likely N-dealkylation sites (N-methyl/N-ethyl adjacent to an activating group) is 1. The molecule has 0 aromatic heterocycles. The number of quaternary nitrogens is 1. The third-order valence-electron chi connectivity index (χ3n) is 15.5. The van der Waals surface area contributed by atoms with Crippen LogP contribution in [0.4, 0.5) is 0 Å². The molecule has 78 heavy (non-hydrogen) atoms. The van der Waals surface area contributed by atoms with Crippen LogP contribution in [0.5, 0.6) is 0 Å². The fourth-order valence-electron chi connectivity index (χ4n) is 10.2.